The van der Waals surface area contributed by atoms with Crippen LogP contribution in [0, 0.1) is 0 Å². The summed E-state index contributed by atoms with van der Waals surface area (Å²) in [5, 5.41) is 2.68. The summed E-state index contributed by atoms with van der Waals surface area (Å²) in [7, 11) is 1.53. The predicted octanol–water partition coefficient (Wildman–Crippen LogP) is 0.197. The van der Waals surface area contributed by atoms with Crippen LogP contribution in [0.4, 0.5) is 4.79 Å². The van der Waals surface area contributed by atoms with Crippen LogP contribution < -0.4 is 5.32 Å². The molecule has 0 saturated carbocycles. The van der Waals surface area contributed by atoms with Gasteiger partial charge in [-0.15, -0.1) is 0 Å². The first-order chi connectivity index (χ1) is 9.08. The third-order valence-electron chi connectivity index (χ3n) is 2.87. The van der Waals surface area contributed by atoms with Crippen molar-refractivity contribution in [1.29, 1.82) is 0 Å². The Balaban J connectivity index is 1.85. The van der Waals surface area contributed by atoms with Crippen molar-refractivity contribution < 1.29 is 14.4 Å². The minimum Gasteiger partial charge on any atom is -0.350 e. The number of benzene rings is 1. The van der Waals surface area contributed by atoms with Gasteiger partial charge in [0.15, 0.2) is 0 Å². The molecular weight excluding hydrogens is 246 g/mol. The van der Waals surface area contributed by atoms with Crippen molar-refractivity contribution in [1.82, 2.24) is 15.1 Å². The topological polar surface area (TPSA) is 69.7 Å². The summed E-state index contributed by atoms with van der Waals surface area (Å²) in [6, 6.07) is 9.00. The van der Waals surface area contributed by atoms with E-state index in [9.17, 15) is 14.4 Å². The molecule has 1 fully saturated rings. The van der Waals surface area contributed by atoms with E-state index in [1.165, 1.54) is 11.9 Å². The number of nitrogens with one attached hydrogen (secondary N) is 1. The lowest BCUT2D eigenvalue weighted by molar-refractivity contribution is -0.130. The van der Waals surface area contributed by atoms with Gasteiger partial charge in [-0.1, -0.05) is 30.3 Å². The Kier molecular flexibility index (Phi) is 3.79. The summed E-state index contributed by atoms with van der Waals surface area (Å²) in [6.07, 6.45) is 0. The van der Waals surface area contributed by atoms with E-state index in [-0.39, 0.29) is 24.9 Å². The Morgan fingerprint density at radius 1 is 1.26 bits per heavy atom. The molecule has 0 spiro atoms. The number of amides is 4. The highest BCUT2D eigenvalue weighted by Gasteiger charge is 2.34. The van der Waals surface area contributed by atoms with E-state index in [1.807, 2.05) is 30.3 Å². The molecule has 1 N–H and O–H groups in total. The molecule has 6 heteroatoms. The molecule has 1 aromatic rings. The van der Waals surface area contributed by atoms with Crippen LogP contribution in [0.3, 0.4) is 0 Å². The fourth-order valence-electron chi connectivity index (χ4n) is 1.82. The molecule has 1 aliphatic rings. The van der Waals surface area contributed by atoms with Gasteiger partial charge in [0.05, 0.1) is 0 Å². The number of nitrogens with zero attached hydrogens (tertiary/aromatic N) is 2. The highest BCUT2D eigenvalue weighted by Crippen LogP contribution is 2.07. The largest absolute Gasteiger partial charge is 0.350 e. The summed E-state index contributed by atoms with van der Waals surface area (Å²) >= 11 is 0. The second-order valence-corrected chi connectivity index (χ2v) is 4.38. The Labute approximate surface area is 111 Å². The minimum atomic E-state index is -0.431. The smallest absolute Gasteiger partial charge is 0.327 e. The van der Waals surface area contributed by atoms with Crippen LogP contribution in [0.2, 0.25) is 0 Å². The number of hydrogen-bond acceptors (Lipinski definition) is 3. The zero-order valence-electron chi connectivity index (χ0n) is 10.6. The van der Waals surface area contributed by atoms with Crippen LogP contribution >= 0.6 is 0 Å². The highest BCUT2D eigenvalue weighted by molar-refractivity contribution is 6.04. The van der Waals surface area contributed by atoms with E-state index in [2.05, 4.69) is 5.32 Å². The summed E-state index contributed by atoms with van der Waals surface area (Å²) in [5.41, 5.74) is 0.965. The lowest BCUT2D eigenvalue weighted by Crippen LogP contribution is -2.40. The van der Waals surface area contributed by atoms with E-state index in [1.54, 1.807) is 0 Å². The fourth-order valence-corrected chi connectivity index (χ4v) is 1.82. The van der Waals surface area contributed by atoms with Crippen molar-refractivity contribution in [2.24, 2.45) is 0 Å². The van der Waals surface area contributed by atoms with Gasteiger partial charge in [0.1, 0.15) is 13.1 Å². The molecule has 0 aromatic heterocycles. The molecule has 0 bridgehead atoms. The summed E-state index contributed by atoms with van der Waals surface area (Å²) in [5.74, 6) is -0.691. The molecule has 4 amide bonds. The van der Waals surface area contributed by atoms with Crippen molar-refractivity contribution in [3.63, 3.8) is 0 Å². The van der Waals surface area contributed by atoms with E-state index < -0.39 is 6.03 Å². The summed E-state index contributed by atoms with van der Waals surface area (Å²) in [6.45, 7) is 0.186. The number of carbonyl (C=O) groups is 3. The average molecular weight is 261 g/mol. The molecule has 0 atom stereocenters. The zero-order valence-corrected chi connectivity index (χ0v) is 10.6. The SMILES string of the molecule is CN1CC(=O)N(CC(=O)NCc2ccccc2)C1=O. The van der Waals surface area contributed by atoms with Gasteiger partial charge in [-0.05, 0) is 5.56 Å². The molecular formula is C13H15N3O3. The average Bonchev–Trinajstić information content (AvgIpc) is 2.64. The molecule has 100 valence electrons. The Morgan fingerprint density at radius 3 is 2.53 bits per heavy atom. The lowest BCUT2D eigenvalue weighted by atomic mass is 10.2. The van der Waals surface area contributed by atoms with Crippen LogP contribution in [0.15, 0.2) is 30.3 Å². The van der Waals surface area contributed by atoms with Gasteiger partial charge in [0.25, 0.3) is 5.91 Å². The third-order valence-corrected chi connectivity index (χ3v) is 2.87. The van der Waals surface area contributed by atoms with Gasteiger partial charge in [0.2, 0.25) is 5.91 Å². The zero-order chi connectivity index (χ0) is 13.8. The Hall–Kier alpha value is -2.37. The van der Waals surface area contributed by atoms with Gasteiger partial charge in [-0.2, -0.15) is 0 Å². The molecule has 1 aromatic carbocycles. The normalized spacial score (nSPS) is 15.0. The Bertz CT molecular complexity index is 501. The highest BCUT2D eigenvalue weighted by atomic mass is 16.2. The van der Waals surface area contributed by atoms with Crippen LogP contribution in [-0.4, -0.2) is 47.8 Å². The first-order valence-electron chi connectivity index (χ1n) is 5.94. The fraction of sp³-hybridized carbons (Fsp3) is 0.308. The number of carbonyl (C=O) groups excluding carboxylic acids is 3. The first-order valence-corrected chi connectivity index (χ1v) is 5.94. The van der Waals surface area contributed by atoms with E-state index >= 15 is 0 Å². The standard InChI is InChI=1S/C13H15N3O3/c1-15-9-12(18)16(13(15)19)8-11(17)14-7-10-5-3-2-4-6-10/h2-6H,7-9H2,1H3,(H,14,17). The molecule has 0 aliphatic carbocycles. The third kappa shape index (κ3) is 3.09. The van der Waals surface area contributed by atoms with Gasteiger partial charge >= 0.3 is 6.03 Å². The summed E-state index contributed by atoms with van der Waals surface area (Å²) in [4.78, 5) is 37.0. The van der Waals surface area contributed by atoms with Crippen molar-refractivity contribution in [2.75, 3.05) is 20.1 Å². The Morgan fingerprint density at radius 2 is 1.95 bits per heavy atom. The second kappa shape index (κ2) is 5.51. The summed E-state index contributed by atoms with van der Waals surface area (Å²) < 4.78 is 0. The first kappa shape index (κ1) is 13.1. The molecule has 19 heavy (non-hydrogen) atoms. The van der Waals surface area contributed by atoms with Gasteiger partial charge in [-0.3, -0.25) is 14.5 Å². The second-order valence-electron chi connectivity index (χ2n) is 4.38. The molecule has 1 aliphatic heterocycles. The van der Waals surface area contributed by atoms with Crippen LogP contribution in [0.5, 0.6) is 0 Å². The molecule has 1 heterocycles. The number of urea groups is 1. The van der Waals surface area contributed by atoms with Crippen LogP contribution in [0.25, 0.3) is 0 Å². The molecule has 0 unspecified atom stereocenters. The van der Waals surface area contributed by atoms with E-state index in [0.717, 1.165) is 10.5 Å². The molecule has 6 nitrogen and oxygen atoms in total. The maximum Gasteiger partial charge on any atom is 0.327 e. The van der Waals surface area contributed by atoms with Gasteiger partial charge in [-0.25, -0.2) is 4.79 Å². The van der Waals surface area contributed by atoms with Crippen LogP contribution in [-0.2, 0) is 16.1 Å². The van der Waals surface area contributed by atoms with Crippen LogP contribution in [0.1, 0.15) is 5.56 Å². The molecule has 0 radical (unpaired) electrons. The lowest BCUT2D eigenvalue weighted by Gasteiger charge is -2.13. The number of rotatable bonds is 4. The van der Waals surface area contributed by atoms with E-state index in [0.29, 0.717) is 6.54 Å². The number of hydrogen-bond donors (Lipinski definition) is 1. The van der Waals surface area contributed by atoms with Gasteiger partial charge in [0, 0.05) is 13.6 Å². The number of likely N-dealkylation sites (N-methyl/N-ethyl adjacent to an activating group) is 1. The van der Waals surface area contributed by atoms with Crippen molar-refractivity contribution in [2.45, 2.75) is 6.54 Å². The predicted molar refractivity (Wildman–Crippen MR) is 68.0 cm³/mol. The molecule has 2 rings (SSSR count). The van der Waals surface area contributed by atoms with Crippen molar-refractivity contribution >= 4 is 17.8 Å². The maximum absolute atomic E-state index is 11.7. The van der Waals surface area contributed by atoms with Crippen molar-refractivity contribution in [3.05, 3.63) is 35.9 Å². The van der Waals surface area contributed by atoms with Gasteiger partial charge < -0.3 is 10.2 Å². The van der Waals surface area contributed by atoms with Crippen molar-refractivity contribution in [3.8, 4) is 0 Å². The molecule has 1 saturated heterocycles. The quantitative estimate of drug-likeness (QED) is 0.787. The number of imide groups is 1. The monoisotopic (exact) mass is 261 g/mol. The maximum atomic E-state index is 11.7. The van der Waals surface area contributed by atoms with E-state index in [4.69, 9.17) is 0 Å². The minimum absolute atomic E-state index is 0.0325.